The molecule has 1 saturated heterocycles. The van der Waals surface area contributed by atoms with Gasteiger partial charge in [0.15, 0.2) is 5.16 Å². The number of thiophene rings is 1. The van der Waals surface area contributed by atoms with Crippen molar-refractivity contribution in [3.8, 4) is 5.75 Å². The van der Waals surface area contributed by atoms with Crippen molar-refractivity contribution in [2.24, 2.45) is 0 Å². The molecule has 11 heteroatoms. The van der Waals surface area contributed by atoms with Crippen molar-refractivity contribution in [3.63, 3.8) is 0 Å². The number of para-hydroxylation sites is 2. The molecule has 1 atom stereocenters. The molecule has 0 saturated carbocycles. The molecule has 2 aromatic carbocycles. The van der Waals surface area contributed by atoms with Crippen molar-refractivity contribution >= 4 is 60.9 Å². The summed E-state index contributed by atoms with van der Waals surface area (Å²) in [5.41, 5.74) is 1.05. The molecule has 0 aliphatic carbocycles. The van der Waals surface area contributed by atoms with Crippen molar-refractivity contribution in [2.75, 3.05) is 31.3 Å². The first-order chi connectivity index (χ1) is 19.0. The van der Waals surface area contributed by atoms with Gasteiger partial charge in [0.05, 0.1) is 30.2 Å². The van der Waals surface area contributed by atoms with Crippen LogP contribution in [0.2, 0.25) is 0 Å². The van der Waals surface area contributed by atoms with Crippen LogP contribution in [0.1, 0.15) is 25.7 Å². The molecule has 0 unspecified atom stereocenters. The molecular weight excluding hydrogens is 536 g/mol. The van der Waals surface area contributed by atoms with Gasteiger partial charge in [-0.25, -0.2) is 4.98 Å². The lowest BCUT2D eigenvalue weighted by atomic mass is 10.2. The first-order valence-electron chi connectivity index (χ1n) is 12.9. The summed E-state index contributed by atoms with van der Waals surface area (Å²) >= 11 is 2.61. The molecule has 4 aromatic rings. The average molecular weight is 567 g/mol. The lowest BCUT2D eigenvalue weighted by Crippen LogP contribution is -2.32. The average Bonchev–Trinajstić information content (AvgIpc) is 3.61. The molecule has 204 valence electrons. The highest BCUT2D eigenvalue weighted by molar-refractivity contribution is 7.99. The Bertz CT molecular complexity index is 1540. The first-order valence-corrected chi connectivity index (χ1v) is 14.7. The molecule has 5 rings (SSSR count). The SMILES string of the molecule is COc1ccccc1NC(=O)CSc1nc2c(sc3ccccc32)c(=O)n1CCCC(=O)NC[C@@H]1CCCO1. The summed E-state index contributed by atoms with van der Waals surface area (Å²) < 4.78 is 14.0. The predicted octanol–water partition coefficient (Wildman–Crippen LogP) is 4.43. The number of ether oxygens (including phenoxy) is 2. The normalized spacial score (nSPS) is 15.1. The number of amides is 2. The van der Waals surface area contributed by atoms with Crippen LogP contribution in [0, 0.1) is 0 Å². The summed E-state index contributed by atoms with van der Waals surface area (Å²) in [5.74, 6) is 0.309. The van der Waals surface area contributed by atoms with Crippen LogP contribution in [0.25, 0.3) is 20.3 Å². The molecule has 2 aromatic heterocycles. The molecular formula is C28H30N4O5S2. The van der Waals surface area contributed by atoms with Crippen molar-refractivity contribution in [2.45, 2.75) is 43.5 Å². The summed E-state index contributed by atoms with van der Waals surface area (Å²) in [6.07, 6.45) is 2.81. The van der Waals surface area contributed by atoms with E-state index in [4.69, 9.17) is 14.5 Å². The number of carbonyl (C=O) groups is 2. The van der Waals surface area contributed by atoms with Crippen molar-refractivity contribution in [3.05, 3.63) is 58.9 Å². The number of aromatic nitrogens is 2. The van der Waals surface area contributed by atoms with Crippen LogP contribution in [-0.4, -0.2) is 53.5 Å². The van der Waals surface area contributed by atoms with Gasteiger partial charge in [-0.1, -0.05) is 42.1 Å². The third-order valence-corrected chi connectivity index (χ3v) is 8.62. The van der Waals surface area contributed by atoms with E-state index in [0.717, 1.165) is 29.5 Å². The number of methoxy groups -OCH3 is 1. The number of nitrogens with one attached hydrogen (secondary N) is 2. The Balaban J connectivity index is 1.32. The maximum absolute atomic E-state index is 13.6. The Labute approximate surface area is 233 Å². The van der Waals surface area contributed by atoms with Gasteiger partial charge in [-0.15, -0.1) is 11.3 Å². The number of rotatable bonds is 11. The molecule has 1 fully saturated rings. The highest BCUT2D eigenvalue weighted by Gasteiger charge is 2.19. The maximum atomic E-state index is 13.6. The van der Waals surface area contributed by atoms with Crippen molar-refractivity contribution in [1.29, 1.82) is 0 Å². The van der Waals surface area contributed by atoms with Crippen LogP contribution in [0.5, 0.6) is 5.75 Å². The quantitative estimate of drug-likeness (QED) is 0.204. The summed E-state index contributed by atoms with van der Waals surface area (Å²) in [5, 5.41) is 7.15. The number of benzene rings is 2. The summed E-state index contributed by atoms with van der Waals surface area (Å²) in [7, 11) is 1.55. The fourth-order valence-electron chi connectivity index (χ4n) is 4.54. The van der Waals surface area contributed by atoms with Gasteiger partial charge in [0.25, 0.3) is 5.56 Å². The van der Waals surface area contributed by atoms with Crippen LogP contribution >= 0.6 is 23.1 Å². The van der Waals surface area contributed by atoms with Gasteiger partial charge in [0, 0.05) is 36.2 Å². The zero-order valence-electron chi connectivity index (χ0n) is 21.6. The smallest absolute Gasteiger partial charge is 0.272 e. The number of thioether (sulfide) groups is 1. The van der Waals surface area contributed by atoms with E-state index >= 15 is 0 Å². The predicted molar refractivity (Wildman–Crippen MR) is 155 cm³/mol. The molecule has 1 aliphatic rings. The topological polar surface area (TPSA) is 112 Å². The highest BCUT2D eigenvalue weighted by atomic mass is 32.2. The fraction of sp³-hybridized carbons (Fsp3) is 0.357. The third kappa shape index (κ3) is 6.43. The van der Waals surface area contributed by atoms with Gasteiger partial charge in [-0.2, -0.15) is 0 Å². The number of hydrogen-bond acceptors (Lipinski definition) is 8. The second kappa shape index (κ2) is 12.6. The molecule has 39 heavy (non-hydrogen) atoms. The number of anilines is 1. The van der Waals surface area contributed by atoms with E-state index in [2.05, 4.69) is 10.6 Å². The largest absolute Gasteiger partial charge is 0.495 e. The van der Waals surface area contributed by atoms with E-state index in [0.29, 0.717) is 46.3 Å². The van der Waals surface area contributed by atoms with Crippen LogP contribution in [-0.2, 0) is 20.9 Å². The molecule has 2 N–H and O–H groups in total. The van der Waals surface area contributed by atoms with Gasteiger partial charge in [-0.05, 0) is 37.5 Å². The Kier molecular flexibility index (Phi) is 8.80. The fourth-order valence-corrected chi connectivity index (χ4v) is 6.45. The van der Waals surface area contributed by atoms with Gasteiger partial charge < -0.3 is 20.1 Å². The van der Waals surface area contributed by atoms with E-state index in [9.17, 15) is 14.4 Å². The second-order valence-electron chi connectivity index (χ2n) is 9.21. The Hall–Kier alpha value is -3.41. The number of carbonyl (C=O) groups excluding carboxylic acids is 2. The lowest BCUT2D eigenvalue weighted by molar-refractivity contribution is -0.121. The van der Waals surface area contributed by atoms with Crippen molar-refractivity contribution in [1.82, 2.24) is 14.9 Å². The second-order valence-corrected chi connectivity index (χ2v) is 11.2. The highest BCUT2D eigenvalue weighted by Crippen LogP contribution is 2.32. The molecule has 0 bridgehead atoms. The van der Waals surface area contributed by atoms with Gasteiger partial charge in [0.2, 0.25) is 11.8 Å². The number of nitrogens with zero attached hydrogens (tertiary/aromatic N) is 2. The standard InChI is InChI=1S/C28H30N4O5S2/c1-36-21-11-4-3-10-20(21)30-24(34)17-38-28-31-25-19-9-2-5-12-22(19)39-26(25)27(35)32(28)14-6-13-23(33)29-16-18-8-7-15-37-18/h2-5,9-12,18H,6-8,13-17H2,1H3,(H,29,33)(H,30,34)/t18-/m0/s1. The van der Waals surface area contributed by atoms with Crippen molar-refractivity contribution < 1.29 is 19.1 Å². The minimum absolute atomic E-state index is 0.0555. The van der Waals surface area contributed by atoms with E-state index in [-0.39, 0.29) is 35.7 Å². The summed E-state index contributed by atoms with van der Waals surface area (Å²) in [4.78, 5) is 43.6. The van der Waals surface area contributed by atoms with E-state index in [1.54, 1.807) is 23.8 Å². The van der Waals surface area contributed by atoms with Gasteiger partial charge >= 0.3 is 0 Å². The third-order valence-electron chi connectivity index (χ3n) is 6.50. The van der Waals surface area contributed by atoms with E-state index in [1.165, 1.54) is 23.1 Å². The summed E-state index contributed by atoms with van der Waals surface area (Å²) in [6, 6.07) is 15.0. The molecule has 3 heterocycles. The first kappa shape index (κ1) is 27.2. The van der Waals surface area contributed by atoms with Crippen LogP contribution in [0.3, 0.4) is 0 Å². The van der Waals surface area contributed by atoms with Gasteiger partial charge in [-0.3, -0.25) is 19.0 Å². The van der Waals surface area contributed by atoms with Crippen LogP contribution in [0.4, 0.5) is 5.69 Å². The van der Waals surface area contributed by atoms with E-state index in [1.807, 2.05) is 36.4 Å². The Morgan fingerprint density at radius 1 is 1.18 bits per heavy atom. The van der Waals surface area contributed by atoms with Crippen LogP contribution < -0.4 is 20.9 Å². The molecule has 0 radical (unpaired) electrons. The molecule has 0 spiro atoms. The minimum atomic E-state index is -0.242. The van der Waals surface area contributed by atoms with Gasteiger partial charge in [0.1, 0.15) is 10.4 Å². The van der Waals surface area contributed by atoms with E-state index < -0.39 is 0 Å². The minimum Gasteiger partial charge on any atom is -0.495 e. The molecule has 1 aliphatic heterocycles. The number of hydrogen-bond donors (Lipinski definition) is 2. The monoisotopic (exact) mass is 566 g/mol. The van der Waals surface area contributed by atoms with Crippen LogP contribution in [0.15, 0.2) is 58.5 Å². The Morgan fingerprint density at radius 2 is 2.00 bits per heavy atom. The summed E-state index contributed by atoms with van der Waals surface area (Å²) in [6.45, 7) is 1.57. The zero-order valence-corrected chi connectivity index (χ0v) is 23.2. The lowest BCUT2D eigenvalue weighted by Gasteiger charge is -2.13. The molecule has 9 nitrogen and oxygen atoms in total. The maximum Gasteiger partial charge on any atom is 0.272 e. The number of fused-ring (bicyclic) bond motifs is 3. The Morgan fingerprint density at radius 3 is 2.82 bits per heavy atom. The molecule has 2 amide bonds. The zero-order chi connectivity index (χ0) is 27.2.